The largest absolute Gasteiger partial charge is 0.396 e. The molecule has 0 amide bonds. The average Bonchev–Trinajstić information content (AvgIpc) is 2.10. The SMILES string of the molecule is CC1OCC(C(CO)CO)CO1. The third-order valence-corrected chi connectivity index (χ3v) is 2.23. The van der Waals surface area contributed by atoms with Crippen LogP contribution in [0, 0.1) is 11.8 Å². The molecule has 4 heteroatoms. The minimum atomic E-state index is -0.153. The Balaban J connectivity index is 2.32. The van der Waals surface area contributed by atoms with Gasteiger partial charge in [-0.25, -0.2) is 0 Å². The quantitative estimate of drug-likeness (QED) is 0.614. The first-order valence-corrected chi connectivity index (χ1v) is 4.22. The van der Waals surface area contributed by atoms with Gasteiger partial charge in [0.05, 0.1) is 13.2 Å². The molecular formula is C8H16O4. The minimum absolute atomic E-state index is 0.0116. The van der Waals surface area contributed by atoms with E-state index in [9.17, 15) is 0 Å². The fourth-order valence-corrected chi connectivity index (χ4v) is 1.24. The maximum Gasteiger partial charge on any atom is 0.154 e. The molecule has 0 bridgehead atoms. The van der Waals surface area contributed by atoms with Crippen molar-refractivity contribution in [3.63, 3.8) is 0 Å². The van der Waals surface area contributed by atoms with E-state index in [1.165, 1.54) is 0 Å². The van der Waals surface area contributed by atoms with Gasteiger partial charge in [-0.2, -0.15) is 0 Å². The molecule has 0 atom stereocenters. The van der Waals surface area contributed by atoms with Gasteiger partial charge in [-0.1, -0.05) is 0 Å². The summed E-state index contributed by atoms with van der Waals surface area (Å²) >= 11 is 0. The molecule has 1 rings (SSSR count). The van der Waals surface area contributed by atoms with Gasteiger partial charge in [0.15, 0.2) is 6.29 Å². The molecule has 0 spiro atoms. The number of hydrogen-bond donors (Lipinski definition) is 2. The molecule has 1 aliphatic heterocycles. The van der Waals surface area contributed by atoms with E-state index in [0.717, 1.165) is 0 Å². The predicted molar refractivity (Wildman–Crippen MR) is 42.5 cm³/mol. The summed E-state index contributed by atoms with van der Waals surface area (Å²) in [7, 11) is 0. The lowest BCUT2D eigenvalue weighted by Crippen LogP contribution is -2.37. The molecule has 0 unspecified atom stereocenters. The van der Waals surface area contributed by atoms with Crippen molar-refractivity contribution < 1.29 is 19.7 Å². The van der Waals surface area contributed by atoms with E-state index >= 15 is 0 Å². The van der Waals surface area contributed by atoms with Crippen molar-refractivity contribution in [1.82, 2.24) is 0 Å². The Bertz CT molecular complexity index is 116. The fourth-order valence-electron chi connectivity index (χ4n) is 1.24. The van der Waals surface area contributed by atoms with Gasteiger partial charge in [-0.3, -0.25) is 0 Å². The van der Waals surface area contributed by atoms with Crippen molar-refractivity contribution in [3.8, 4) is 0 Å². The van der Waals surface area contributed by atoms with Crippen LogP contribution in [-0.4, -0.2) is 42.9 Å². The molecule has 0 aromatic heterocycles. The standard InChI is InChI=1S/C8H16O4/c1-6-11-4-8(5-12-6)7(2-9)3-10/h6-10H,2-5H2,1H3. The van der Waals surface area contributed by atoms with Crippen molar-refractivity contribution in [2.45, 2.75) is 13.2 Å². The van der Waals surface area contributed by atoms with E-state index in [4.69, 9.17) is 19.7 Å². The maximum absolute atomic E-state index is 8.87. The van der Waals surface area contributed by atoms with E-state index < -0.39 is 0 Å². The minimum Gasteiger partial charge on any atom is -0.396 e. The van der Waals surface area contributed by atoms with Gasteiger partial charge in [0.2, 0.25) is 0 Å². The molecule has 4 nitrogen and oxygen atoms in total. The van der Waals surface area contributed by atoms with Crippen LogP contribution in [0.1, 0.15) is 6.92 Å². The zero-order valence-corrected chi connectivity index (χ0v) is 7.27. The van der Waals surface area contributed by atoms with Crippen molar-refractivity contribution in [3.05, 3.63) is 0 Å². The van der Waals surface area contributed by atoms with Crippen LogP contribution in [0.2, 0.25) is 0 Å². The number of aliphatic hydroxyl groups excluding tert-OH is 2. The zero-order valence-electron chi connectivity index (χ0n) is 7.27. The molecule has 0 radical (unpaired) electrons. The van der Waals surface area contributed by atoms with Gasteiger partial charge in [0.25, 0.3) is 0 Å². The van der Waals surface area contributed by atoms with Crippen LogP contribution in [-0.2, 0) is 9.47 Å². The molecule has 1 heterocycles. The summed E-state index contributed by atoms with van der Waals surface area (Å²) < 4.78 is 10.5. The van der Waals surface area contributed by atoms with Crippen LogP contribution in [0.25, 0.3) is 0 Å². The number of ether oxygens (including phenoxy) is 2. The molecule has 0 aromatic carbocycles. The van der Waals surface area contributed by atoms with Gasteiger partial charge < -0.3 is 19.7 Å². The molecule has 2 N–H and O–H groups in total. The lowest BCUT2D eigenvalue weighted by atomic mass is 9.95. The Morgan fingerprint density at radius 3 is 2.17 bits per heavy atom. The summed E-state index contributed by atoms with van der Waals surface area (Å²) in [6, 6.07) is 0. The Kier molecular flexibility index (Phi) is 3.94. The molecular weight excluding hydrogens is 160 g/mol. The monoisotopic (exact) mass is 176 g/mol. The molecule has 0 saturated carbocycles. The van der Waals surface area contributed by atoms with Crippen molar-refractivity contribution >= 4 is 0 Å². The molecule has 12 heavy (non-hydrogen) atoms. The zero-order chi connectivity index (χ0) is 8.97. The normalized spacial score (nSPS) is 31.0. The van der Waals surface area contributed by atoms with Gasteiger partial charge in [0, 0.05) is 25.0 Å². The molecule has 0 aliphatic carbocycles. The van der Waals surface area contributed by atoms with Crippen LogP contribution in [0.4, 0.5) is 0 Å². The number of rotatable bonds is 3. The van der Waals surface area contributed by atoms with Crippen molar-refractivity contribution in [1.29, 1.82) is 0 Å². The van der Waals surface area contributed by atoms with Crippen molar-refractivity contribution in [2.24, 2.45) is 11.8 Å². The predicted octanol–water partition coefficient (Wildman–Crippen LogP) is -0.404. The molecule has 1 saturated heterocycles. The van der Waals surface area contributed by atoms with Crippen molar-refractivity contribution in [2.75, 3.05) is 26.4 Å². The maximum atomic E-state index is 8.87. The van der Waals surface area contributed by atoms with Crippen LogP contribution >= 0.6 is 0 Å². The highest BCUT2D eigenvalue weighted by atomic mass is 16.7. The summed E-state index contributed by atoms with van der Waals surface area (Å²) in [5.41, 5.74) is 0. The van der Waals surface area contributed by atoms with E-state index in [-0.39, 0.29) is 31.3 Å². The van der Waals surface area contributed by atoms with Gasteiger partial charge >= 0.3 is 0 Å². The number of aliphatic hydroxyl groups is 2. The van der Waals surface area contributed by atoms with Gasteiger partial charge in [0.1, 0.15) is 0 Å². The Labute approximate surface area is 72.1 Å². The molecule has 72 valence electrons. The van der Waals surface area contributed by atoms with Crippen LogP contribution in [0.15, 0.2) is 0 Å². The van der Waals surface area contributed by atoms with Gasteiger partial charge in [-0.05, 0) is 6.92 Å². The Hall–Kier alpha value is -0.160. The highest BCUT2D eigenvalue weighted by molar-refractivity contribution is 4.70. The summed E-state index contributed by atoms with van der Waals surface area (Å²) in [6.45, 7) is 2.94. The second kappa shape index (κ2) is 4.77. The lowest BCUT2D eigenvalue weighted by molar-refractivity contribution is -0.202. The summed E-state index contributed by atoms with van der Waals surface area (Å²) in [5.74, 6) is 0.00806. The second-order valence-corrected chi connectivity index (χ2v) is 3.12. The fraction of sp³-hybridized carbons (Fsp3) is 1.00. The first kappa shape index (κ1) is 9.92. The van der Waals surface area contributed by atoms with Crippen LogP contribution < -0.4 is 0 Å². The molecule has 1 fully saturated rings. The third kappa shape index (κ3) is 2.42. The first-order chi connectivity index (χ1) is 5.77. The van der Waals surface area contributed by atoms with E-state index in [2.05, 4.69) is 0 Å². The highest BCUT2D eigenvalue weighted by Gasteiger charge is 2.26. The lowest BCUT2D eigenvalue weighted by Gasteiger charge is -2.31. The topological polar surface area (TPSA) is 58.9 Å². The van der Waals surface area contributed by atoms with Gasteiger partial charge in [-0.15, -0.1) is 0 Å². The first-order valence-electron chi connectivity index (χ1n) is 4.22. The summed E-state index contributed by atoms with van der Waals surface area (Å²) in [6.07, 6.45) is -0.153. The Morgan fingerprint density at radius 1 is 1.25 bits per heavy atom. The van der Waals surface area contributed by atoms with Crippen LogP contribution in [0.3, 0.4) is 0 Å². The molecule has 0 aromatic rings. The third-order valence-electron chi connectivity index (χ3n) is 2.23. The molecule has 1 aliphatic rings. The Morgan fingerprint density at radius 2 is 1.75 bits per heavy atom. The average molecular weight is 176 g/mol. The van der Waals surface area contributed by atoms with E-state index in [0.29, 0.717) is 13.2 Å². The highest BCUT2D eigenvalue weighted by Crippen LogP contribution is 2.18. The summed E-state index contributed by atoms with van der Waals surface area (Å²) in [5, 5.41) is 17.7. The van der Waals surface area contributed by atoms with E-state index in [1.54, 1.807) is 0 Å². The van der Waals surface area contributed by atoms with Crippen LogP contribution in [0.5, 0.6) is 0 Å². The smallest absolute Gasteiger partial charge is 0.154 e. The second-order valence-electron chi connectivity index (χ2n) is 3.12. The summed E-state index contributed by atoms with van der Waals surface area (Å²) in [4.78, 5) is 0. The van der Waals surface area contributed by atoms with E-state index in [1.807, 2.05) is 6.92 Å². The number of hydrogen-bond acceptors (Lipinski definition) is 4.